The van der Waals surface area contributed by atoms with Crippen LogP contribution in [-0.4, -0.2) is 12.5 Å². The Bertz CT molecular complexity index is 93.6. The minimum atomic E-state index is -0.184. The van der Waals surface area contributed by atoms with Crippen molar-refractivity contribution in [1.29, 1.82) is 0 Å². The van der Waals surface area contributed by atoms with Crippen LogP contribution in [0.3, 0.4) is 0 Å². The number of unbranched alkanes of at least 4 members (excludes halogenated alkanes) is 1. The van der Waals surface area contributed by atoms with Gasteiger partial charge in [0, 0.05) is 6.42 Å². The summed E-state index contributed by atoms with van der Waals surface area (Å²) in [5.74, 6) is -0.184. The van der Waals surface area contributed by atoms with Crippen molar-refractivity contribution in [2.45, 2.75) is 33.1 Å². The summed E-state index contributed by atoms with van der Waals surface area (Å²) in [6.45, 7) is 4.38. The number of rotatable bonds is 5. The SMILES string of the molecule is CCCCO[N]C(=O)CC. The van der Waals surface area contributed by atoms with E-state index in [2.05, 4.69) is 12.4 Å². The third kappa shape index (κ3) is 5.56. The van der Waals surface area contributed by atoms with Gasteiger partial charge in [-0.1, -0.05) is 25.7 Å². The van der Waals surface area contributed by atoms with E-state index in [1.807, 2.05) is 0 Å². The summed E-state index contributed by atoms with van der Waals surface area (Å²) in [5, 5.41) is 0. The van der Waals surface area contributed by atoms with Crippen LogP contribution in [0.5, 0.6) is 0 Å². The highest BCUT2D eigenvalue weighted by molar-refractivity contribution is 5.73. The molecule has 0 aliphatic carbocycles. The second-order valence-electron chi connectivity index (χ2n) is 2.03. The van der Waals surface area contributed by atoms with Crippen LogP contribution in [0.25, 0.3) is 0 Å². The van der Waals surface area contributed by atoms with E-state index in [1.54, 1.807) is 6.92 Å². The normalized spacial score (nSPS) is 9.40. The number of hydrogen-bond donors (Lipinski definition) is 0. The fraction of sp³-hybridized carbons (Fsp3) is 0.857. The number of nitrogens with zero attached hydrogens (tertiary/aromatic N) is 1. The largest absolute Gasteiger partial charge is 0.270 e. The van der Waals surface area contributed by atoms with Crippen molar-refractivity contribution in [1.82, 2.24) is 5.48 Å². The maximum atomic E-state index is 10.5. The average Bonchev–Trinajstić information content (AvgIpc) is 1.98. The molecule has 0 aromatic rings. The van der Waals surface area contributed by atoms with Crippen molar-refractivity contribution in [3.63, 3.8) is 0 Å². The Balaban J connectivity index is 2.96. The molecule has 3 heteroatoms. The maximum absolute atomic E-state index is 10.5. The standard InChI is InChI=1S/C7H14NO2/c1-3-5-6-10-8-7(9)4-2/h3-6H2,1-2H3. The number of hydrogen-bond acceptors (Lipinski definition) is 2. The summed E-state index contributed by atoms with van der Waals surface area (Å²) >= 11 is 0. The van der Waals surface area contributed by atoms with Gasteiger partial charge in [-0.15, -0.1) is 0 Å². The molecule has 1 radical (unpaired) electrons. The second-order valence-corrected chi connectivity index (χ2v) is 2.03. The van der Waals surface area contributed by atoms with E-state index in [0.717, 1.165) is 12.8 Å². The topological polar surface area (TPSA) is 40.4 Å². The number of carbonyl (C=O) groups is 1. The molecule has 0 heterocycles. The second kappa shape index (κ2) is 6.55. The summed E-state index contributed by atoms with van der Waals surface area (Å²) in [7, 11) is 0. The van der Waals surface area contributed by atoms with Gasteiger partial charge in [0.2, 0.25) is 0 Å². The zero-order chi connectivity index (χ0) is 7.82. The average molecular weight is 144 g/mol. The van der Waals surface area contributed by atoms with E-state index in [9.17, 15) is 4.79 Å². The molecule has 0 aliphatic heterocycles. The first-order chi connectivity index (χ1) is 4.81. The van der Waals surface area contributed by atoms with Gasteiger partial charge < -0.3 is 0 Å². The summed E-state index contributed by atoms with van der Waals surface area (Å²) < 4.78 is 0. The van der Waals surface area contributed by atoms with Crippen LogP contribution in [0.4, 0.5) is 0 Å². The van der Waals surface area contributed by atoms with Gasteiger partial charge in [-0.2, -0.15) is 0 Å². The Morgan fingerprint density at radius 1 is 1.50 bits per heavy atom. The molecule has 1 amide bonds. The third-order valence-electron chi connectivity index (χ3n) is 1.06. The molecule has 0 aliphatic rings. The molecule has 0 rings (SSSR count). The van der Waals surface area contributed by atoms with Gasteiger partial charge in [-0.25, -0.2) is 4.84 Å². The fourth-order valence-corrected chi connectivity index (χ4v) is 0.391. The third-order valence-corrected chi connectivity index (χ3v) is 1.06. The molecule has 59 valence electrons. The van der Waals surface area contributed by atoms with E-state index >= 15 is 0 Å². The first-order valence-electron chi connectivity index (χ1n) is 3.67. The lowest BCUT2D eigenvalue weighted by Gasteiger charge is -1.97. The van der Waals surface area contributed by atoms with E-state index in [4.69, 9.17) is 4.84 Å². The highest BCUT2D eigenvalue weighted by Gasteiger charge is 1.96. The predicted octanol–water partition coefficient (Wildman–Crippen LogP) is 1.26. The van der Waals surface area contributed by atoms with Gasteiger partial charge in [0.1, 0.15) is 0 Å². The Morgan fingerprint density at radius 2 is 2.20 bits per heavy atom. The molecule has 0 aromatic carbocycles. The van der Waals surface area contributed by atoms with Crippen molar-refractivity contribution in [3.8, 4) is 0 Å². The zero-order valence-electron chi connectivity index (χ0n) is 6.59. The molecule has 0 bridgehead atoms. The van der Waals surface area contributed by atoms with Crippen molar-refractivity contribution >= 4 is 5.91 Å². The van der Waals surface area contributed by atoms with Gasteiger partial charge in [-0.3, -0.25) is 4.79 Å². The van der Waals surface area contributed by atoms with Gasteiger partial charge in [0.05, 0.1) is 6.61 Å². The van der Waals surface area contributed by atoms with Crippen LogP contribution in [0.2, 0.25) is 0 Å². The van der Waals surface area contributed by atoms with E-state index in [0.29, 0.717) is 13.0 Å². The lowest BCUT2D eigenvalue weighted by atomic mass is 10.4. The van der Waals surface area contributed by atoms with E-state index < -0.39 is 0 Å². The summed E-state index contributed by atoms with van der Waals surface area (Å²) in [6, 6.07) is 0. The molecule has 0 unspecified atom stereocenters. The van der Waals surface area contributed by atoms with Crippen molar-refractivity contribution in [2.75, 3.05) is 6.61 Å². The molecule has 3 nitrogen and oxygen atoms in total. The number of amides is 1. The van der Waals surface area contributed by atoms with E-state index in [-0.39, 0.29) is 5.91 Å². The van der Waals surface area contributed by atoms with Crippen LogP contribution in [0.15, 0.2) is 0 Å². The first kappa shape index (κ1) is 9.43. The van der Waals surface area contributed by atoms with Crippen molar-refractivity contribution in [2.24, 2.45) is 0 Å². The van der Waals surface area contributed by atoms with Gasteiger partial charge in [-0.05, 0) is 6.42 Å². The lowest BCUT2D eigenvalue weighted by Crippen LogP contribution is -2.15. The molecule has 10 heavy (non-hydrogen) atoms. The summed E-state index contributed by atoms with van der Waals surface area (Å²) in [5.41, 5.74) is 3.34. The highest BCUT2D eigenvalue weighted by Crippen LogP contribution is 1.86. The first-order valence-corrected chi connectivity index (χ1v) is 3.67. The minimum Gasteiger partial charge on any atom is -0.270 e. The van der Waals surface area contributed by atoms with Crippen molar-refractivity contribution < 1.29 is 9.63 Å². The quantitative estimate of drug-likeness (QED) is 0.430. The number of hydroxylamine groups is 1. The number of carbonyl (C=O) groups excluding carboxylic acids is 1. The smallest absolute Gasteiger partial charge is 0.269 e. The minimum absolute atomic E-state index is 0.184. The summed E-state index contributed by atoms with van der Waals surface area (Å²) in [6.07, 6.45) is 2.45. The summed E-state index contributed by atoms with van der Waals surface area (Å²) in [4.78, 5) is 15.2. The van der Waals surface area contributed by atoms with Gasteiger partial charge in [0.15, 0.2) is 0 Å². The van der Waals surface area contributed by atoms with Crippen LogP contribution in [-0.2, 0) is 9.63 Å². The molecule has 0 spiro atoms. The Kier molecular flexibility index (Phi) is 6.18. The van der Waals surface area contributed by atoms with Gasteiger partial charge >= 0.3 is 0 Å². The lowest BCUT2D eigenvalue weighted by molar-refractivity contribution is -0.134. The molecule has 0 aromatic heterocycles. The molecule has 0 fully saturated rings. The Morgan fingerprint density at radius 3 is 2.70 bits per heavy atom. The molecule has 0 N–H and O–H groups in total. The van der Waals surface area contributed by atoms with Gasteiger partial charge in [0.25, 0.3) is 5.91 Å². The monoisotopic (exact) mass is 144 g/mol. The van der Waals surface area contributed by atoms with Crippen LogP contribution in [0.1, 0.15) is 33.1 Å². The molecule has 0 saturated heterocycles. The highest BCUT2D eigenvalue weighted by atomic mass is 16.6. The van der Waals surface area contributed by atoms with Crippen LogP contribution < -0.4 is 5.48 Å². The maximum Gasteiger partial charge on any atom is 0.269 e. The molecule has 0 atom stereocenters. The van der Waals surface area contributed by atoms with Crippen LogP contribution >= 0.6 is 0 Å². The van der Waals surface area contributed by atoms with Crippen LogP contribution in [0, 0.1) is 0 Å². The fourth-order valence-electron chi connectivity index (χ4n) is 0.391. The zero-order valence-corrected chi connectivity index (χ0v) is 6.59. The van der Waals surface area contributed by atoms with E-state index in [1.165, 1.54) is 0 Å². The Labute approximate surface area is 61.7 Å². The van der Waals surface area contributed by atoms with Crippen molar-refractivity contribution in [3.05, 3.63) is 0 Å². The Hall–Kier alpha value is -0.570. The molecular formula is C7H14NO2. The predicted molar refractivity (Wildman–Crippen MR) is 38.3 cm³/mol. The molecule has 0 saturated carbocycles. The molecular weight excluding hydrogens is 130 g/mol.